The van der Waals surface area contributed by atoms with E-state index in [0.717, 1.165) is 22.0 Å². The molecule has 5 aromatic rings. The fraction of sp³-hybridized carbons (Fsp3) is 0.0909. The van der Waals surface area contributed by atoms with Gasteiger partial charge in [0.15, 0.2) is 0 Å². The van der Waals surface area contributed by atoms with E-state index >= 15 is 0 Å². The normalized spacial score (nSPS) is 16.2. The molecule has 0 aliphatic rings. The van der Waals surface area contributed by atoms with Crippen molar-refractivity contribution < 1.29 is 12.6 Å². The molecular weight excluding hydrogens is 308 g/mol. The molecule has 0 unspecified atom stereocenters. The molecule has 0 radical (unpaired) electrons. The lowest BCUT2D eigenvalue weighted by Gasteiger charge is -2.03. The van der Waals surface area contributed by atoms with Gasteiger partial charge in [0.25, 0.3) is 0 Å². The molecule has 2 aromatic carbocycles. The van der Waals surface area contributed by atoms with Crippen LogP contribution in [0.3, 0.4) is 0 Å². The summed E-state index contributed by atoms with van der Waals surface area (Å²) in [5, 5.41) is 2.36. The van der Waals surface area contributed by atoms with Crippen molar-refractivity contribution in [3.63, 3.8) is 0 Å². The number of rotatable bonds is 1. The fourth-order valence-electron chi connectivity index (χ4n) is 3.31. The molecule has 0 N–H and O–H groups in total. The van der Waals surface area contributed by atoms with E-state index < -0.39 is 13.7 Å². The third-order valence-electron chi connectivity index (χ3n) is 4.41. The van der Waals surface area contributed by atoms with Gasteiger partial charge in [0.2, 0.25) is 0 Å². The van der Waals surface area contributed by atoms with Crippen molar-refractivity contribution in [3.8, 4) is 11.3 Å². The molecule has 3 heteroatoms. The molecular formula is C22H16N2O. The molecule has 0 bridgehead atoms. The second-order valence-corrected chi connectivity index (χ2v) is 5.89. The zero-order valence-electron chi connectivity index (χ0n) is 19.1. The smallest absolute Gasteiger partial charge is 0.144 e. The quantitative estimate of drug-likeness (QED) is 0.389. The largest absolute Gasteiger partial charge is 0.455 e. The Morgan fingerprint density at radius 1 is 0.840 bits per heavy atom. The lowest BCUT2D eigenvalue weighted by Crippen LogP contribution is -1.88. The van der Waals surface area contributed by atoms with Crippen LogP contribution in [0.2, 0.25) is 0 Å². The summed E-state index contributed by atoms with van der Waals surface area (Å²) < 4.78 is 53.1. The number of aromatic nitrogens is 2. The second kappa shape index (κ2) is 5.15. The average Bonchev–Trinajstić information content (AvgIpc) is 3.11. The fourth-order valence-corrected chi connectivity index (χ4v) is 3.31. The predicted octanol–water partition coefficient (Wildman–Crippen LogP) is 5.81. The van der Waals surface area contributed by atoms with Crippen LogP contribution in [0.4, 0.5) is 0 Å². The van der Waals surface area contributed by atoms with Crippen molar-refractivity contribution >= 4 is 32.7 Å². The van der Waals surface area contributed by atoms with E-state index in [9.17, 15) is 0 Å². The molecule has 0 fully saturated rings. The van der Waals surface area contributed by atoms with Crippen LogP contribution in [0, 0.1) is 13.7 Å². The summed E-state index contributed by atoms with van der Waals surface area (Å²) in [7, 11) is 0. The highest BCUT2D eigenvalue weighted by molar-refractivity contribution is 6.17. The van der Waals surface area contributed by atoms with Gasteiger partial charge < -0.3 is 4.42 Å². The van der Waals surface area contributed by atoms with Gasteiger partial charge >= 0.3 is 0 Å². The minimum Gasteiger partial charge on any atom is -0.455 e. The van der Waals surface area contributed by atoms with Gasteiger partial charge in [-0.2, -0.15) is 0 Å². The minimum absolute atomic E-state index is 0.247. The Morgan fingerprint density at radius 3 is 2.60 bits per heavy atom. The van der Waals surface area contributed by atoms with Crippen LogP contribution in [0.25, 0.3) is 44.0 Å². The number of benzene rings is 2. The molecule has 120 valence electrons. The van der Waals surface area contributed by atoms with Gasteiger partial charge in [0, 0.05) is 52.9 Å². The van der Waals surface area contributed by atoms with E-state index in [2.05, 4.69) is 9.97 Å². The van der Waals surface area contributed by atoms with Gasteiger partial charge in [-0.1, -0.05) is 24.3 Å². The second-order valence-electron chi connectivity index (χ2n) is 5.89. The summed E-state index contributed by atoms with van der Waals surface area (Å²) in [6, 6.07) is 16.2. The number of para-hydroxylation sites is 1. The first-order valence-corrected chi connectivity index (χ1v) is 7.86. The van der Waals surface area contributed by atoms with E-state index in [1.165, 1.54) is 6.07 Å². The maximum absolute atomic E-state index is 7.87. The number of fused-ring (bicyclic) bond motifs is 5. The molecule has 0 aliphatic carbocycles. The van der Waals surface area contributed by atoms with Crippen LogP contribution in [0.15, 0.2) is 65.2 Å². The Kier molecular flexibility index (Phi) is 1.92. The number of nitrogens with zero attached hydrogens (tertiary/aromatic N) is 2. The van der Waals surface area contributed by atoms with Gasteiger partial charge in [-0.15, -0.1) is 0 Å². The molecule has 0 aliphatic heterocycles. The van der Waals surface area contributed by atoms with Crippen molar-refractivity contribution in [2.45, 2.75) is 13.7 Å². The van der Waals surface area contributed by atoms with Crippen molar-refractivity contribution in [1.29, 1.82) is 0 Å². The number of pyridine rings is 2. The van der Waals surface area contributed by atoms with Crippen LogP contribution in [-0.4, -0.2) is 9.97 Å². The lowest BCUT2D eigenvalue weighted by atomic mass is 10.0. The van der Waals surface area contributed by atoms with E-state index in [0.29, 0.717) is 21.9 Å². The predicted molar refractivity (Wildman–Crippen MR) is 102 cm³/mol. The SMILES string of the molecule is [2H]C([2H])([2H])c1cc2c(ccc3c4cccc(-c5ccccn5)c4oc23)c(C([2H])([2H])[2H])n1. The van der Waals surface area contributed by atoms with E-state index in [-0.39, 0.29) is 11.4 Å². The highest BCUT2D eigenvalue weighted by Crippen LogP contribution is 2.38. The van der Waals surface area contributed by atoms with Crippen LogP contribution >= 0.6 is 0 Å². The van der Waals surface area contributed by atoms with Crippen LogP contribution in [-0.2, 0) is 0 Å². The monoisotopic (exact) mass is 330 g/mol. The number of furan rings is 1. The highest BCUT2D eigenvalue weighted by Gasteiger charge is 2.15. The number of hydrogen-bond donors (Lipinski definition) is 0. The Bertz CT molecular complexity index is 1450. The molecule has 0 amide bonds. The van der Waals surface area contributed by atoms with Gasteiger partial charge in [0.05, 0.1) is 5.69 Å². The summed E-state index contributed by atoms with van der Waals surface area (Å²) in [5.74, 6) is 0. The lowest BCUT2D eigenvalue weighted by molar-refractivity contribution is 0.673. The first-order valence-electron chi connectivity index (χ1n) is 10.9. The molecule has 0 atom stereocenters. The summed E-state index contributed by atoms with van der Waals surface area (Å²) >= 11 is 0. The zero-order valence-corrected chi connectivity index (χ0v) is 13.1. The standard InChI is InChI=1S/C22H16N2O/c1-13-12-19-15(14(2)24-13)9-10-17-16-6-5-7-18(21(16)25-22(17)19)20-8-3-4-11-23-20/h3-12H,1-2H3/i1D3,2D3. The first kappa shape index (κ1) is 9.33. The molecule has 0 spiro atoms. The summed E-state index contributed by atoms with van der Waals surface area (Å²) in [5.41, 5.74) is 2.04. The Labute approximate surface area is 153 Å². The van der Waals surface area contributed by atoms with Crippen LogP contribution < -0.4 is 0 Å². The molecule has 3 aromatic heterocycles. The van der Waals surface area contributed by atoms with Crippen molar-refractivity contribution in [2.75, 3.05) is 0 Å². The molecule has 25 heavy (non-hydrogen) atoms. The maximum Gasteiger partial charge on any atom is 0.144 e. The Morgan fingerprint density at radius 2 is 1.76 bits per heavy atom. The third-order valence-corrected chi connectivity index (χ3v) is 4.41. The van der Waals surface area contributed by atoms with Crippen molar-refractivity contribution in [2.24, 2.45) is 0 Å². The first-order chi connectivity index (χ1) is 14.6. The van der Waals surface area contributed by atoms with E-state index in [1.54, 1.807) is 18.3 Å². The topological polar surface area (TPSA) is 38.9 Å². The molecule has 3 heterocycles. The highest BCUT2D eigenvalue weighted by atomic mass is 16.3. The van der Waals surface area contributed by atoms with Crippen LogP contribution in [0.1, 0.15) is 19.6 Å². The van der Waals surface area contributed by atoms with Crippen molar-refractivity contribution in [1.82, 2.24) is 9.97 Å². The van der Waals surface area contributed by atoms with Gasteiger partial charge in [-0.05, 0) is 44.0 Å². The summed E-state index contributed by atoms with van der Waals surface area (Å²) in [6.45, 7) is -5.13. The van der Waals surface area contributed by atoms with Gasteiger partial charge in [-0.25, -0.2) is 0 Å². The summed E-state index contributed by atoms with van der Waals surface area (Å²) in [4.78, 5) is 8.40. The van der Waals surface area contributed by atoms with Gasteiger partial charge in [-0.3, -0.25) is 9.97 Å². The zero-order chi connectivity index (χ0) is 22.0. The maximum atomic E-state index is 7.87. The third kappa shape index (κ3) is 2.06. The van der Waals surface area contributed by atoms with Crippen molar-refractivity contribution in [3.05, 3.63) is 72.2 Å². The van der Waals surface area contributed by atoms with E-state index in [4.69, 9.17) is 12.6 Å². The molecule has 0 saturated carbocycles. The average molecular weight is 330 g/mol. The van der Waals surface area contributed by atoms with E-state index in [1.807, 2.05) is 36.4 Å². The number of hydrogen-bond acceptors (Lipinski definition) is 3. The summed E-state index contributed by atoms with van der Waals surface area (Å²) in [6.07, 6.45) is 1.70. The minimum atomic E-state index is -2.57. The molecule has 3 nitrogen and oxygen atoms in total. The van der Waals surface area contributed by atoms with Gasteiger partial charge in [0.1, 0.15) is 11.2 Å². The molecule has 5 rings (SSSR count). The van der Waals surface area contributed by atoms with Crippen LogP contribution in [0.5, 0.6) is 0 Å². The number of aryl methyl sites for hydroxylation is 2. The molecule has 0 saturated heterocycles. The Hall–Kier alpha value is -3.20. The Balaban J connectivity index is 1.92.